The molecule has 4 nitrogen and oxygen atoms in total. The summed E-state index contributed by atoms with van der Waals surface area (Å²) >= 11 is 0. The number of nitriles is 2. The van der Waals surface area contributed by atoms with Crippen LogP contribution >= 0.6 is 0 Å². The van der Waals surface area contributed by atoms with Crippen LogP contribution in [0.4, 0.5) is 0 Å². The molecule has 1 saturated carbocycles. The molecule has 1 fully saturated rings. The van der Waals surface area contributed by atoms with Crippen LogP contribution in [0.2, 0.25) is 0 Å². The van der Waals surface area contributed by atoms with Gasteiger partial charge in [-0.05, 0) is 43.4 Å². The molecule has 0 aromatic carbocycles. The van der Waals surface area contributed by atoms with Crippen molar-refractivity contribution in [2.75, 3.05) is 0 Å². The quantitative estimate of drug-likeness (QED) is 0.672. The minimum absolute atomic E-state index is 0.0249. The highest BCUT2D eigenvalue weighted by Gasteiger charge is 2.59. The van der Waals surface area contributed by atoms with Crippen molar-refractivity contribution in [1.82, 2.24) is 0 Å². The van der Waals surface area contributed by atoms with Gasteiger partial charge in [-0.25, -0.2) is 0 Å². The second kappa shape index (κ2) is 5.39. The van der Waals surface area contributed by atoms with Crippen LogP contribution in [0.15, 0.2) is 47.1 Å². The van der Waals surface area contributed by atoms with E-state index in [1.165, 1.54) is 0 Å². The number of Topliss-reactive ketones (excluding diaryl/α,β-unsaturated/α-hetero) is 1. The van der Waals surface area contributed by atoms with Crippen LogP contribution in [0.1, 0.15) is 40.5 Å². The van der Waals surface area contributed by atoms with E-state index in [0.717, 1.165) is 17.6 Å². The summed E-state index contributed by atoms with van der Waals surface area (Å²) in [7, 11) is 0. The number of allylic oxidation sites excluding steroid dienone is 7. The van der Waals surface area contributed by atoms with Gasteiger partial charge in [0.25, 0.3) is 0 Å². The zero-order valence-corrected chi connectivity index (χ0v) is 15.6. The highest BCUT2D eigenvalue weighted by atomic mass is 16.1. The van der Waals surface area contributed by atoms with Crippen molar-refractivity contribution >= 4 is 11.6 Å². The van der Waals surface area contributed by atoms with E-state index in [1.54, 1.807) is 18.2 Å². The lowest BCUT2D eigenvalue weighted by atomic mass is 9.44. The molecule has 0 aromatic rings. The van der Waals surface area contributed by atoms with Crippen molar-refractivity contribution in [3.05, 3.63) is 47.1 Å². The Kier molecular flexibility index (Phi) is 3.75. The number of carbonyl (C=O) groups excluding carboxylic acids is 2. The first-order valence-corrected chi connectivity index (χ1v) is 8.78. The molecule has 0 amide bonds. The van der Waals surface area contributed by atoms with E-state index in [4.69, 9.17) is 0 Å². The van der Waals surface area contributed by atoms with Gasteiger partial charge in [0.05, 0.1) is 11.1 Å². The molecular formula is C22H22N2O2. The standard InChI is InChI=1S/C22H22N2O2/c1-13(2)22-7-6-17-20(3,4)19(26)15(12-24)9-21(17,5)18(22)8-16(25)14(10-22)11-23/h8-10,17H,1,6-7H2,2-5H3/t17?,21-,22-/m0/s1. The molecule has 132 valence electrons. The van der Waals surface area contributed by atoms with Gasteiger partial charge in [0.1, 0.15) is 12.1 Å². The topological polar surface area (TPSA) is 81.7 Å². The van der Waals surface area contributed by atoms with Crippen molar-refractivity contribution in [2.45, 2.75) is 40.5 Å². The zero-order chi connectivity index (χ0) is 19.5. The molecule has 0 aromatic heterocycles. The fraction of sp³-hybridized carbons (Fsp3) is 0.455. The Hall–Kier alpha value is -2.72. The molecule has 3 aliphatic rings. The fourth-order valence-corrected chi connectivity index (χ4v) is 5.33. The minimum Gasteiger partial charge on any atom is -0.293 e. The van der Waals surface area contributed by atoms with E-state index >= 15 is 0 Å². The molecule has 0 saturated heterocycles. The number of hydrogen-bond acceptors (Lipinski definition) is 4. The molecule has 26 heavy (non-hydrogen) atoms. The number of hydrogen-bond donors (Lipinski definition) is 0. The molecule has 0 N–H and O–H groups in total. The van der Waals surface area contributed by atoms with Gasteiger partial charge >= 0.3 is 0 Å². The van der Waals surface area contributed by atoms with Gasteiger partial charge in [-0.3, -0.25) is 9.59 Å². The molecule has 4 heteroatoms. The summed E-state index contributed by atoms with van der Waals surface area (Å²) in [4.78, 5) is 25.3. The lowest BCUT2D eigenvalue weighted by Gasteiger charge is -2.58. The van der Waals surface area contributed by atoms with Gasteiger partial charge in [0, 0.05) is 16.2 Å². The average Bonchev–Trinajstić information content (AvgIpc) is 2.58. The Morgan fingerprint density at radius 1 is 1.15 bits per heavy atom. The van der Waals surface area contributed by atoms with Gasteiger partial charge in [-0.1, -0.05) is 39.0 Å². The summed E-state index contributed by atoms with van der Waals surface area (Å²) in [5.74, 6) is -0.479. The highest BCUT2D eigenvalue weighted by molar-refractivity contribution is 6.09. The summed E-state index contributed by atoms with van der Waals surface area (Å²) in [5.41, 5.74) is 0.101. The second-order valence-corrected chi connectivity index (χ2v) is 8.44. The maximum absolute atomic E-state index is 12.8. The Morgan fingerprint density at radius 3 is 2.31 bits per heavy atom. The van der Waals surface area contributed by atoms with Crippen LogP contribution < -0.4 is 0 Å². The molecule has 0 spiro atoms. The maximum atomic E-state index is 12.8. The van der Waals surface area contributed by atoms with Crippen molar-refractivity contribution in [3.63, 3.8) is 0 Å². The first kappa shape index (κ1) is 18.1. The van der Waals surface area contributed by atoms with E-state index in [-0.39, 0.29) is 28.6 Å². The third-order valence-electron chi connectivity index (χ3n) is 6.69. The molecule has 0 aliphatic heterocycles. The minimum atomic E-state index is -0.696. The summed E-state index contributed by atoms with van der Waals surface area (Å²) in [6, 6.07) is 4.04. The zero-order valence-electron chi connectivity index (χ0n) is 15.6. The Morgan fingerprint density at radius 2 is 1.77 bits per heavy atom. The van der Waals surface area contributed by atoms with Crippen molar-refractivity contribution in [1.29, 1.82) is 10.5 Å². The van der Waals surface area contributed by atoms with Gasteiger partial charge in [-0.2, -0.15) is 10.5 Å². The van der Waals surface area contributed by atoms with Crippen LogP contribution in [0, 0.1) is 44.8 Å². The molecule has 0 heterocycles. The number of fused-ring (bicyclic) bond motifs is 3. The van der Waals surface area contributed by atoms with Gasteiger partial charge in [-0.15, -0.1) is 0 Å². The summed E-state index contributed by atoms with van der Waals surface area (Å²) in [5, 5.41) is 18.8. The van der Waals surface area contributed by atoms with Crippen molar-refractivity contribution in [3.8, 4) is 12.1 Å². The van der Waals surface area contributed by atoms with E-state index in [9.17, 15) is 20.1 Å². The summed E-state index contributed by atoms with van der Waals surface area (Å²) < 4.78 is 0. The molecule has 0 radical (unpaired) electrons. The van der Waals surface area contributed by atoms with Gasteiger partial charge in [0.15, 0.2) is 11.6 Å². The number of rotatable bonds is 1. The van der Waals surface area contributed by atoms with E-state index < -0.39 is 16.2 Å². The molecule has 3 aliphatic carbocycles. The second-order valence-electron chi connectivity index (χ2n) is 8.44. The lowest BCUT2D eigenvalue weighted by Crippen LogP contribution is -2.53. The Bertz CT molecular complexity index is 932. The summed E-state index contributed by atoms with van der Waals surface area (Å²) in [6.45, 7) is 11.8. The number of nitrogens with zero attached hydrogens (tertiary/aromatic N) is 2. The fourth-order valence-electron chi connectivity index (χ4n) is 5.33. The van der Waals surface area contributed by atoms with Crippen molar-refractivity contribution in [2.24, 2.45) is 22.2 Å². The third-order valence-corrected chi connectivity index (χ3v) is 6.69. The lowest BCUT2D eigenvalue weighted by molar-refractivity contribution is -0.130. The van der Waals surface area contributed by atoms with Gasteiger partial charge < -0.3 is 0 Å². The molecule has 3 rings (SSSR count). The predicted molar refractivity (Wildman–Crippen MR) is 97.3 cm³/mol. The number of carbonyl (C=O) groups is 2. The molecular weight excluding hydrogens is 324 g/mol. The maximum Gasteiger partial charge on any atom is 0.196 e. The molecule has 0 bridgehead atoms. The van der Waals surface area contributed by atoms with E-state index in [0.29, 0.717) is 6.42 Å². The number of ketones is 2. The SMILES string of the molecule is C=C(C)[C@]12C=C(C#N)C(=O)C=C1[C@@]1(C)C=C(C#N)C(=O)C(C)(C)C1CC2. The van der Waals surface area contributed by atoms with Crippen LogP contribution in [-0.4, -0.2) is 11.6 Å². The Labute approximate surface area is 154 Å². The van der Waals surface area contributed by atoms with E-state index in [1.807, 2.05) is 39.8 Å². The molecule has 3 atom stereocenters. The monoisotopic (exact) mass is 346 g/mol. The third kappa shape index (κ3) is 2.05. The van der Waals surface area contributed by atoms with Crippen LogP contribution in [0.5, 0.6) is 0 Å². The first-order valence-electron chi connectivity index (χ1n) is 8.78. The van der Waals surface area contributed by atoms with Gasteiger partial charge in [0.2, 0.25) is 0 Å². The Balaban J connectivity index is 2.33. The largest absolute Gasteiger partial charge is 0.293 e. The van der Waals surface area contributed by atoms with Crippen LogP contribution in [0.25, 0.3) is 0 Å². The van der Waals surface area contributed by atoms with Crippen LogP contribution in [-0.2, 0) is 9.59 Å². The smallest absolute Gasteiger partial charge is 0.196 e. The van der Waals surface area contributed by atoms with Crippen LogP contribution in [0.3, 0.4) is 0 Å². The van der Waals surface area contributed by atoms with E-state index in [2.05, 4.69) is 6.58 Å². The predicted octanol–water partition coefficient (Wildman–Crippen LogP) is 3.98. The summed E-state index contributed by atoms with van der Waals surface area (Å²) in [6.07, 6.45) is 6.48. The highest BCUT2D eigenvalue weighted by Crippen LogP contribution is 2.65. The average molecular weight is 346 g/mol. The normalized spacial score (nSPS) is 35.0. The molecule has 1 unspecified atom stereocenters. The first-order chi connectivity index (χ1) is 12.0. The van der Waals surface area contributed by atoms with Crippen molar-refractivity contribution < 1.29 is 9.59 Å².